The van der Waals surface area contributed by atoms with Gasteiger partial charge in [0.05, 0.1) is 5.25 Å². The number of aromatic nitrogens is 3. The summed E-state index contributed by atoms with van der Waals surface area (Å²) in [5.74, 6) is 1.13. The minimum atomic E-state index is -0.158. The van der Waals surface area contributed by atoms with Crippen LogP contribution in [0.25, 0.3) is 0 Å². The van der Waals surface area contributed by atoms with Crippen molar-refractivity contribution in [3.05, 3.63) is 28.2 Å². The molecule has 0 fully saturated rings. The summed E-state index contributed by atoms with van der Waals surface area (Å²) in [5, 5.41) is 14.4. The second kappa shape index (κ2) is 7.97. The van der Waals surface area contributed by atoms with Crippen molar-refractivity contribution in [2.75, 3.05) is 6.54 Å². The van der Waals surface area contributed by atoms with E-state index in [0.717, 1.165) is 30.4 Å². The van der Waals surface area contributed by atoms with Crippen LogP contribution in [-0.4, -0.2) is 32.5 Å². The van der Waals surface area contributed by atoms with E-state index in [1.54, 1.807) is 11.3 Å². The van der Waals surface area contributed by atoms with Crippen LogP contribution in [0.4, 0.5) is 0 Å². The topological polar surface area (TPSA) is 59.8 Å². The Morgan fingerprint density at radius 2 is 2.35 bits per heavy atom. The monoisotopic (exact) mass is 350 g/mol. The summed E-state index contributed by atoms with van der Waals surface area (Å²) < 4.78 is 2.19. The molecule has 0 aromatic carbocycles. The molecule has 0 saturated heterocycles. The summed E-state index contributed by atoms with van der Waals surface area (Å²) in [5.41, 5.74) is 0. The van der Waals surface area contributed by atoms with Crippen molar-refractivity contribution in [2.24, 2.45) is 0 Å². The maximum absolute atomic E-state index is 12.2. The molecule has 0 aliphatic carbocycles. The molecule has 0 spiro atoms. The van der Waals surface area contributed by atoms with Gasteiger partial charge >= 0.3 is 0 Å². The first-order valence-electron chi connectivity index (χ1n) is 8.13. The van der Waals surface area contributed by atoms with Gasteiger partial charge in [-0.2, -0.15) is 0 Å². The average Bonchev–Trinajstić information content (AvgIpc) is 3.12. The van der Waals surface area contributed by atoms with Crippen LogP contribution in [0.3, 0.4) is 0 Å². The third-order valence-corrected chi connectivity index (χ3v) is 5.99. The molecule has 5 nitrogen and oxygen atoms in total. The van der Waals surface area contributed by atoms with Crippen molar-refractivity contribution in [3.63, 3.8) is 0 Å². The standard InChI is InChI=1S/C16H22N4OS2/c1-12(15(21)17-9-8-13-6-5-11-22-13)23-16-19-18-14-7-3-2-4-10-20(14)16/h5-6,11-12H,2-4,7-10H2,1H3,(H,17,21)/t12-/m1/s1. The third kappa shape index (κ3) is 4.35. The van der Waals surface area contributed by atoms with E-state index in [9.17, 15) is 4.79 Å². The van der Waals surface area contributed by atoms with Crippen LogP contribution >= 0.6 is 23.1 Å². The van der Waals surface area contributed by atoms with Crippen molar-refractivity contribution >= 4 is 29.0 Å². The average molecular weight is 351 g/mol. The molecule has 2 aromatic rings. The van der Waals surface area contributed by atoms with Crippen molar-refractivity contribution < 1.29 is 4.79 Å². The predicted octanol–water partition coefficient (Wildman–Crippen LogP) is 2.91. The molecule has 1 atom stereocenters. The van der Waals surface area contributed by atoms with Gasteiger partial charge in [-0.15, -0.1) is 21.5 Å². The Labute approximate surface area is 144 Å². The Kier molecular flexibility index (Phi) is 5.72. The molecule has 1 aliphatic heterocycles. The number of thiophene rings is 1. The number of fused-ring (bicyclic) bond motifs is 1. The number of carbonyl (C=O) groups is 1. The number of aryl methyl sites for hydroxylation is 1. The van der Waals surface area contributed by atoms with E-state index in [2.05, 4.69) is 31.5 Å². The smallest absolute Gasteiger partial charge is 0.233 e. The van der Waals surface area contributed by atoms with E-state index in [1.807, 2.05) is 13.0 Å². The van der Waals surface area contributed by atoms with Crippen molar-refractivity contribution in [2.45, 2.75) is 56.0 Å². The normalized spacial score (nSPS) is 15.7. The lowest BCUT2D eigenvalue weighted by molar-refractivity contribution is -0.120. The SMILES string of the molecule is C[C@@H](Sc1nnc2n1CCCCC2)C(=O)NCCc1cccs1. The van der Waals surface area contributed by atoms with E-state index in [0.29, 0.717) is 6.54 Å². The summed E-state index contributed by atoms with van der Waals surface area (Å²) in [6.45, 7) is 3.59. The fourth-order valence-electron chi connectivity index (χ4n) is 2.66. The molecule has 0 saturated carbocycles. The molecular weight excluding hydrogens is 328 g/mol. The quantitative estimate of drug-likeness (QED) is 0.814. The van der Waals surface area contributed by atoms with Gasteiger partial charge in [0.1, 0.15) is 5.82 Å². The minimum Gasteiger partial charge on any atom is -0.355 e. The van der Waals surface area contributed by atoms with Crippen LogP contribution in [0.2, 0.25) is 0 Å². The maximum atomic E-state index is 12.2. The molecule has 23 heavy (non-hydrogen) atoms. The molecule has 124 valence electrons. The van der Waals surface area contributed by atoms with E-state index >= 15 is 0 Å². The number of rotatable bonds is 6. The third-order valence-electron chi connectivity index (χ3n) is 3.98. The number of nitrogens with one attached hydrogen (secondary N) is 1. The first-order valence-corrected chi connectivity index (χ1v) is 9.89. The number of hydrogen-bond donors (Lipinski definition) is 1. The van der Waals surface area contributed by atoms with Gasteiger partial charge in [-0.25, -0.2) is 0 Å². The highest BCUT2D eigenvalue weighted by Gasteiger charge is 2.20. The summed E-state index contributed by atoms with van der Waals surface area (Å²) in [7, 11) is 0. The van der Waals surface area contributed by atoms with Crippen LogP contribution in [0.5, 0.6) is 0 Å². The lowest BCUT2D eigenvalue weighted by atomic mass is 10.2. The lowest BCUT2D eigenvalue weighted by Gasteiger charge is -2.12. The van der Waals surface area contributed by atoms with E-state index < -0.39 is 0 Å². The largest absolute Gasteiger partial charge is 0.355 e. The van der Waals surface area contributed by atoms with Gasteiger partial charge in [0, 0.05) is 24.4 Å². The van der Waals surface area contributed by atoms with Gasteiger partial charge < -0.3 is 9.88 Å². The number of thioether (sulfide) groups is 1. The van der Waals surface area contributed by atoms with Gasteiger partial charge in [-0.1, -0.05) is 24.2 Å². The highest BCUT2D eigenvalue weighted by Crippen LogP contribution is 2.25. The van der Waals surface area contributed by atoms with Crippen LogP contribution < -0.4 is 5.32 Å². The summed E-state index contributed by atoms with van der Waals surface area (Å²) >= 11 is 3.24. The second-order valence-electron chi connectivity index (χ2n) is 5.74. The Morgan fingerprint density at radius 3 is 3.17 bits per heavy atom. The molecule has 1 N–H and O–H groups in total. The first kappa shape index (κ1) is 16.5. The van der Waals surface area contributed by atoms with Crippen molar-refractivity contribution in [3.8, 4) is 0 Å². The zero-order valence-corrected chi connectivity index (χ0v) is 15.0. The molecule has 0 unspecified atom stereocenters. The van der Waals surface area contributed by atoms with E-state index in [-0.39, 0.29) is 11.2 Å². The van der Waals surface area contributed by atoms with E-state index in [4.69, 9.17) is 0 Å². The Balaban J connectivity index is 1.51. The Hall–Kier alpha value is -1.34. The van der Waals surface area contributed by atoms with Crippen LogP contribution in [-0.2, 0) is 24.2 Å². The van der Waals surface area contributed by atoms with Gasteiger partial charge in [0.15, 0.2) is 5.16 Å². The molecule has 7 heteroatoms. The minimum absolute atomic E-state index is 0.0672. The highest BCUT2D eigenvalue weighted by molar-refractivity contribution is 8.00. The van der Waals surface area contributed by atoms with Crippen molar-refractivity contribution in [1.82, 2.24) is 20.1 Å². The summed E-state index contributed by atoms with van der Waals surface area (Å²) in [6.07, 6.45) is 5.48. The van der Waals surface area contributed by atoms with Gasteiger partial charge in [0.2, 0.25) is 5.91 Å². The first-order chi connectivity index (χ1) is 11.2. The fraction of sp³-hybridized carbons (Fsp3) is 0.562. The second-order valence-corrected chi connectivity index (χ2v) is 8.08. The molecular formula is C16H22N4OS2. The van der Waals surface area contributed by atoms with Crippen LogP contribution in [0, 0.1) is 0 Å². The van der Waals surface area contributed by atoms with Gasteiger partial charge in [0.25, 0.3) is 0 Å². The highest BCUT2D eigenvalue weighted by atomic mass is 32.2. The number of amides is 1. The lowest BCUT2D eigenvalue weighted by Crippen LogP contribution is -2.32. The Bertz CT molecular complexity index is 639. The molecule has 0 bridgehead atoms. The number of hydrogen-bond acceptors (Lipinski definition) is 5. The zero-order valence-electron chi connectivity index (χ0n) is 13.3. The number of carbonyl (C=O) groups excluding carboxylic acids is 1. The van der Waals surface area contributed by atoms with Crippen LogP contribution in [0.15, 0.2) is 22.7 Å². The molecule has 2 aromatic heterocycles. The summed E-state index contributed by atoms with van der Waals surface area (Å²) in [4.78, 5) is 13.5. The van der Waals surface area contributed by atoms with Crippen molar-refractivity contribution in [1.29, 1.82) is 0 Å². The zero-order chi connectivity index (χ0) is 16.1. The van der Waals surface area contributed by atoms with Crippen LogP contribution in [0.1, 0.15) is 36.9 Å². The Morgan fingerprint density at radius 1 is 1.43 bits per heavy atom. The molecule has 0 radical (unpaired) electrons. The predicted molar refractivity (Wildman–Crippen MR) is 93.9 cm³/mol. The summed E-state index contributed by atoms with van der Waals surface area (Å²) in [6, 6.07) is 4.14. The number of nitrogens with zero attached hydrogens (tertiary/aromatic N) is 3. The molecule has 1 aliphatic rings. The fourth-order valence-corrected chi connectivity index (χ4v) is 4.29. The van der Waals surface area contributed by atoms with Gasteiger partial charge in [-0.3, -0.25) is 4.79 Å². The van der Waals surface area contributed by atoms with Gasteiger partial charge in [-0.05, 0) is 37.6 Å². The molecule has 3 heterocycles. The molecule has 1 amide bonds. The molecule has 3 rings (SSSR count). The maximum Gasteiger partial charge on any atom is 0.233 e. The van der Waals surface area contributed by atoms with E-state index in [1.165, 1.54) is 35.9 Å².